The van der Waals surface area contributed by atoms with Crippen LogP contribution in [0.15, 0.2) is 29.2 Å². The quantitative estimate of drug-likeness (QED) is 0.139. The molecule has 160 valence electrons. The Hall–Kier alpha value is -1.51. The van der Waals surface area contributed by atoms with Crippen LogP contribution in [0.1, 0.15) is 18.4 Å². The molecule has 0 radical (unpaired) electrons. The van der Waals surface area contributed by atoms with Crippen LogP contribution in [0.5, 0.6) is 5.75 Å². The van der Waals surface area contributed by atoms with E-state index < -0.39 is 63.7 Å². The van der Waals surface area contributed by atoms with E-state index in [2.05, 4.69) is 0 Å². The van der Waals surface area contributed by atoms with Crippen molar-refractivity contribution in [3.8, 4) is 5.75 Å². The number of esters is 1. The third-order valence-electron chi connectivity index (χ3n) is 4.39. The number of aliphatic hydroxyl groups is 3. The fraction of sp³-hybridized carbons (Fsp3) is 0.412. The van der Waals surface area contributed by atoms with Crippen molar-refractivity contribution in [3.05, 3.63) is 29.8 Å². The molecule has 30 heavy (non-hydrogen) atoms. The van der Waals surface area contributed by atoms with Gasteiger partial charge in [0.25, 0.3) is 10.1 Å². The first-order valence-electron chi connectivity index (χ1n) is 8.21. The summed E-state index contributed by atoms with van der Waals surface area (Å²) in [5.74, 6) is -3.07. The number of ether oxygens (including phenoxy) is 2. The fourth-order valence-electron chi connectivity index (χ4n) is 2.88. The van der Waals surface area contributed by atoms with Crippen LogP contribution in [-0.2, 0) is 24.4 Å². The van der Waals surface area contributed by atoms with Crippen LogP contribution in [0.3, 0.4) is 0 Å². The molecule has 1 aliphatic carbocycles. The van der Waals surface area contributed by atoms with Gasteiger partial charge in [0, 0.05) is 18.9 Å². The van der Waals surface area contributed by atoms with Crippen molar-refractivity contribution in [2.75, 3.05) is 7.11 Å². The molecule has 1 saturated carbocycles. The molecule has 1 fully saturated rings. The minimum atomic E-state index is -4.51. The molecule has 2 rings (SSSR count). The number of rotatable bonds is 6. The van der Waals surface area contributed by atoms with Gasteiger partial charge >= 0.3 is 35.5 Å². The van der Waals surface area contributed by atoms with Crippen LogP contribution in [0.25, 0.3) is 6.08 Å². The number of methoxy groups -OCH3 is 1. The average molecular weight is 454 g/mol. The summed E-state index contributed by atoms with van der Waals surface area (Å²) in [5.41, 5.74) is -2.17. The molecular weight excluding hydrogens is 435 g/mol. The summed E-state index contributed by atoms with van der Waals surface area (Å²) in [6.07, 6.45) is -4.02. The Morgan fingerprint density at radius 3 is 2.43 bits per heavy atom. The van der Waals surface area contributed by atoms with Gasteiger partial charge < -0.3 is 34.7 Å². The van der Waals surface area contributed by atoms with Gasteiger partial charge in [-0.25, -0.2) is 4.79 Å². The number of carbonyl (C=O) groups is 2. The van der Waals surface area contributed by atoms with Gasteiger partial charge in [-0.05, 0) is 23.8 Å². The van der Waals surface area contributed by atoms with Gasteiger partial charge in [0.05, 0.1) is 19.2 Å². The summed E-state index contributed by atoms with van der Waals surface area (Å²) in [5, 5.41) is 40.6. The molecule has 1 aromatic rings. The summed E-state index contributed by atoms with van der Waals surface area (Å²) in [6, 6.07) is 3.55. The smallest absolute Gasteiger partial charge is 0.547 e. The maximum absolute atomic E-state index is 12.0. The zero-order valence-electron chi connectivity index (χ0n) is 16.1. The molecule has 4 N–H and O–H groups in total. The van der Waals surface area contributed by atoms with E-state index in [1.807, 2.05) is 0 Å². The third-order valence-corrected chi connectivity index (χ3v) is 5.28. The van der Waals surface area contributed by atoms with E-state index in [0.717, 1.165) is 12.1 Å². The summed E-state index contributed by atoms with van der Waals surface area (Å²) in [7, 11) is -3.33. The molecule has 4 atom stereocenters. The van der Waals surface area contributed by atoms with Gasteiger partial charge in [0.1, 0.15) is 28.5 Å². The van der Waals surface area contributed by atoms with E-state index in [1.54, 1.807) is 0 Å². The molecular formula is C17H19NaO11S. The van der Waals surface area contributed by atoms with Crippen LogP contribution < -0.4 is 39.4 Å². The second kappa shape index (κ2) is 10.2. The molecule has 1 aliphatic rings. The van der Waals surface area contributed by atoms with Crippen molar-refractivity contribution >= 4 is 28.1 Å². The maximum Gasteiger partial charge on any atom is 1.00 e. The number of benzene rings is 1. The Kier molecular flexibility index (Phi) is 9.02. The summed E-state index contributed by atoms with van der Waals surface area (Å²) < 4.78 is 41.4. The molecule has 0 heterocycles. The van der Waals surface area contributed by atoms with Gasteiger partial charge in [0.2, 0.25) is 0 Å². The first-order valence-corrected chi connectivity index (χ1v) is 9.65. The van der Waals surface area contributed by atoms with E-state index in [1.165, 1.54) is 25.3 Å². The van der Waals surface area contributed by atoms with Crippen LogP contribution in [0.4, 0.5) is 0 Å². The van der Waals surface area contributed by atoms with Crippen molar-refractivity contribution in [1.29, 1.82) is 0 Å². The normalized spacial score (nSPS) is 26.6. The van der Waals surface area contributed by atoms with Gasteiger partial charge in [0.15, 0.2) is 0 Å². The molecule has 1 aromatic carbocycles. The van der Waals surface area contributed by atoms with E-state index in [4.69, 9.17) is 14.0 Å². The van der Waals surface area contributed by atoms with E-state index in [-0.39, 0.29) is 35.3 Å². The van der Waals surface area contributed by atoms with Crippen LogP contribution in [-0.4, -0.2) is 71.3 Å². The molecule has 0 amide bonds. The van der Waals surface area contributed by atoms with E-state index in [0.29, 0.717) is 5.56 Å². The summed E-state index contributed by atoms with van der Waals surface area (Å²) >= 11 is 0. The molecule has 0 unspecified atom stereocenters. The molecule has 11 nitrogen and oxygen atoms in total. The van der Waals surface area contributed by atoms with Gasteiger partial charge in [-0.1, -0.05) is 6.07 Å². The van der Waals surface area contributed by atoms with Crippen molar-refractivity contribution in [2.24, 2.45) is 0 Å². The molecule has 0 bridgehead atoms. The zero-order valence-corrected chi connectivity index (χ0v) is 18.9. The van der Waals surface area contributed by atoms with Gasteiger partial charge in [-0.15, -0.1) is 0 Å². The summed E-state index contributed by atoms with van der Waals surface area (Å²) in [4.78, 5) is 22.6. The monoisotopic (exact) mass is 454 g/mol. The van der Waals surface area contributed by atoms with E-state index >= 15 is 0 Å². The van der Waals surface area contributed by atoms with Crippen LogP contribution in [0.2, 0.25) is 0 Å². The Morgan fingerprint density at radius 2 is 1.90 bits per heavy atom. The molecule has 0 saturated heterocycles. The average Bonchev–Trinajstić information content (AvgIpc) is 2.63. The van der Waals surface area contributed by atoms with Crippen molar-refractivity contribution < 1.29 is 82.0 Å². The van der Waals surface area contributed by atoms with Gasteiger partial charge in [-0.3, -0.25) is 4.55 Å². The summed E-state index contributed by atoms with van der Waals surface area (Å²) in [6.45, 7) is 0. The number of hydrogen-bond acceptors (Lipinski definition) is 10. The molecule has 0 aliphatic heterocycles. The fourth-order valence-corrected chi connectivity index (χ4v) is 3.52. The second-order valence-corrected chi connectivity index (χ2v) is 7.87. The van der Waals surface area contributed by atoms with Crippen LogP contribution in [0, 0.1) is 0 Å². The minimum Gasteiger partial charge on any atom is -0.547 e. The Bertz CT molecular complexity index is 930. The van der Waals surface area contributed by atoms with Crippen molar-refractivity contribution in [2.45, 2.75) is 41.7 Å². The maximum atomic E-state index is 12.0. The Morgan fingerprint density at radius 1 is 1.27 bits per heavy atom. The van der Waals surface area contributed by atoms with Gasteiger partial charge in [-0.2, -0.15) is 8.42 Å². The first kappa shape index (κ1) is 26.5. The van der Waals surface area contributed by atoms with Crippen LogP contribution >= 0.6 is 0 Å². The Labute approximate surface area is 194 Å². The minimum absolute atomic E-state index is 0. The third kappa shape index (κ3) is 6.25. The van der Waals surface area contributed by atoms with Crippen molar-refractivity contribution in [3.63, 3.8) is 0 Å². The zero-order chi connectivity index (χ0) is 22.0. The predicted molar refractivity (Wildman–Crippen MR) is 92.9 cm³/mol. The topological polar surface area (TPSA) is 191 Å². The largest absolute Gasteiger partial charge is 1.00 e. The van der Waals surface area contributed by atoms with Crippen molar-refractivity contribution in [1.82, 2.24) is 0 Å². The predicted octanol–water partition coefficient (Wildman–Crippen LogP) is -5.13. The number of carboxylic acid groups (broad SMARTS) is 1. The molecule has 13 heteroatoms. The number of hydrogen-bond donors (Lipinski definition) is 4. The standard InChI is InChI=1S/C17H20O11S.Na/c1-27-11-6-9(2-4-13(11)29(24,25)26)3-5-14(19)28-12-8-17(23,16(21)22)7-10(18)15(12)20;/h2-6,10,12,15,18,20,23H,7-8H2,1H3,(H,21,22)(H,24,25,26);/q;+1/p-1/b5-3+;/t10-,12-,15-,17+;/m1./s1. The first-order chi connectivity index (χ1) is 13.4. The van der Waals surface area contributed by atoms with E-state index in [9.17, 15) is 38.4 Å². The number of aliphatic hydroxyl groups excluding tert-OH is 2. The number of aliphatic carboxylic acids is 1. The molecule has 0 spiro atoms. The Balaban J connectivity index is 0.00000450. The second-order valence-electron chi connectivity index (χ2n) is 6.48. The number of carboxylic acids is 1. The number of carbonyl (C=O) groups excluding carboxylic acids is 2. The molecule has 0 aromatic heterocycles. The SMILES string of the molecule is COc1cc(/C=C/C(=O)O[C@@H]2C[C@](O)(C(=O)[O-])C[C@@H](O)[C@H]2O)ccc1S(=O)(=O)O.[Na+].